The third-order valence-electron chi connectivity index (χ3n) is 5.80. The average Bonchev–Trinajstić information content (AvgIpc) is 2.69. The second-order valence-corrected chi connectivity index (χ2v) is 8.61. The zero-order valence-electron chi connectivity index (χ0n) is 18.9. The van der Waals surface area contributed by atoms with Crippen molar-refractivity contribution in [3.05, 3.63) is 0 Å². The van der Waals surface area contributed by atoms with Crippen LogP contribution in [0.15, 0.2) is 0 Å². The van der Waals surface area contributed by atoms with Crippen LogP contribution in [0, 0.1) is 0 Å². The van der Waals surface area contributed by atoms with Gasteiger partial charge in [-0.05, 0) is 6.42 Å². The standard InChI is InChI=1S/C25H50O3/c1-2-3-4-5-6-7-8-9-10-11-12-13-14-15-16-17-18-19-20-21-24(27)25(28)22-23-26/h25-26,28H,2-23H2,1H3. The number of aliphatic hydroxyl groups is 2. The number of ketones is 1. The first-order chi connectivity index (χ1) is 13.7. The van der Waals surface area contributed by atoms with Crippen molar-refractivity contribution in [3.63, 3.8) is 0 Å². The van der Waals surface area contributed by atoms with Gasteiger partial charge in [-0.2, -0.15) is 0 Å². The number of rotatable bonds is 23. The molecule has 0 rings (SSSR count). The highest BCUT2D eigenvalue weighted by Crippen LogP contribution is 2.15. The Labute approximate surface area is 175 Å². The monoisotopic (exact) mass is 398 g/mol. The molecule has 3 nitrogen and oxygen atoms in total. The molecule has 1 atom stereocenters. The molecule has 0 aromatic heterocycles. The minimum absolute atomic E-state index is 0.110. The molecule has 0 heterocycles. The maximum atomic E-state index is 11.6. The van der Waals surface area contributed by atoms with E-state index in [0.29, 0.717) is 6.42 Å². The van der Waals surface area contributed by atoms with Gasteiger partial charge in [0.2, 0.25) is 0 Å². The molecule has 0 fully saturated rings. The molecule has 0 aromatic carbocycles. The Hall–Kier alpha value is -0.410. The number of hydrogen-bond acceptors (Lipinski definition) is 3. The number of unbranched alkanes of at least 4 members (excludes halogenated alkanes) is 18. The lowest BCUT2D eigenvalue weighted by Crippen LogP contribution is -2.21. The van der Waals surface area contributed by atoms with Crippen LogP contribution in [-0.4, -0.2) is 28.7 Å². The summed E-state index contributed by atoms with van der Waals surface area (Å²) in [6, 6.07) is 0. The first-order valence-electron chi connectivity index (χ1n) is 12.5. The summed E-state index contributed by atoms with van der Waals surface area (Å²) in [7, 11) is 0. The number of hydrogen-bond donors (Lipinski definition) is 2. The Bertz CT molecular complexity index is 317. The zero-order valence-corrected chi connectivity index (χ0v) is 18.9. The van der Waals surface area contributed by atoms with Crippen LogP contribution >= 0.6 is 0 Å². The maximum absolute atomic E-state index is 11.6. The number of Topliss-reactive ketones (excluding diaryl/α,β-unsaturated/α-hetero) is 1. The van der Waals surface area contributed by atoms with Crippen LogP contribution in [0.5, 0.6) is 0 Å². The summed E-state index contributed by atoms with van der Waals surface area (Å²) in [6.45, 7) is 2.16. The van der Waals surface area contributed by atoms with Crippen LogP contribution in [-0.2, 0) is 4.79 Å². The molecule has 0 bridgehead atoms. The molecule has 0 spiro atoms. The number of aliphatic hydroxyl groups excluding tert-OH is 2. The van der Waals surface area contributed by atoms with Crippen LogP contribution in [0.3, 0.4) is 0 Å². The van der Waals surface area contributed by atoms with E-state index in [-0.39, 0.29) is 18.8 Å². The average molecular weight is 399 g/mol. The second kappa shape index (κ2) is 22.9. The Morgan fingerprint density at radius 3 is 1.25 bits per heavy atom. The molecule has 0 aliphatic carbocycles. The highest BCUT2D eigenvalue weighted by Gasteiger charge is 2.13. The van der Waals surface area contributed by atoms with Crippen molar-refractivity contribution in [2.24, 2.45) is 0 Å². The molecule has 0 saturated heterocycles. The van der Waals surface area contributed by atoms with Crippen LogP contribution in [0.4, 0.5) is 0 Å². The first-order valence-corrected chi connectivity index (χ1v) is 12.5. The molecule has 168 valence electrons. The molecule has 1 unspecified atom stereocenters. The first kappa shape index (κ1) is 27.6. The van der Waals surface area contributed by atoms with Gasteiger partial charge in [0.25, 0.3) is 0 Å². The van der Waals surface area contributed by atoms with E-state index >= 15 is 0 Å². The molecular weight excluding hydrogens is 348 g/mol. The SMILES string of the molecule is CCCCCCCCCCCCCCCCCCCCCC(=O)C(O)CCO. The Morgan fingerprint density at radius 2 is 0.929 bits per heavy atom. The van der Waals surface area contributed by atoms with Gasteiger partial charge in [-0.1, -0.05) is 122 Å². The lowest BCUT2D eigenvalue weighted by molar-refractivity contribution is -0.127. The van der Waals surface area contributed by atoms with Gasteiger partial charge in [-0.15, -0.1) is 0 Å². The van der Waals surface area contributed by atoms with E-state index in [0.717, 1.165) is 12.8 Å². The van der Waals surface area contributed by atoms with Gasteiger partial charge < -0.3 is 10.2 Å². The fourth-order valence-electron chi connectivity index (χ4n) is 3.83. The van der Waals surface area contributed by atoms with E-state index in [2.05, 4.69) is 6.92 Å². The largest absolute Gasteiger partial charge is 0.396 e. The molecular formula is C25H50O3. The van der Waals surface area contributed by atoms with Crippen LogP contribution in [0.1, 0.15) is 142 Å². The summed E-state index contributed by atoms with van der Waals surface area (Å²) in [5.74, 6) is -0.110. The van der Waals surface area contributed by atoms with Gasteiger partial charge in [0.1, 0.15) is 6.10 Å². The topological polar surface area (TPSA) is 57.5 Å². The van der Waals surface area contributed by atoms with Crippen LogP contribution in [0.25, 0.3) is 0 Å². The Morgan fingerprint density at radius 1 is 0.607 bits per heavy atom. The van der Waals surface area contributed by atoms with Crippen LogP contribution < -0.4 is 0 Å². The van der Waals surface area contributed by atoms with Crippen molar-refractivity contribution in [2.75, 3.05) is 6.61 Å². The Kier molecular flexibility index (Phi) is 22.5. The summed E-state index contributed by atoms with van der Waals surface area (Å²) in [6.07, 6.45) is 25.2. The molecule has 0 saturated carbocycles. The molecule has 0 amide bonds. The molecule has 28 heavy (non-hydrogen) atoms. The van der Waals surface area contributed by atoms with Gasteiger partial charge in [0.05, 0.1) is 0 Å². The highest BCUT2D eigenvalue weighted by atomic mass is 16.3. The number of carbonyl (C=O) groups excluding carboxylic acids is 1. The fraction of sp³-hybridized carbons (Fsp3) is 0.960. The van der Waals surface area contributed by atoms with Gasteiger partial charge in [0.15, 0.2) is 5.78 Å². The highest BCUT2D eigenvalue weighted by molar-refractivity contribution is 5.82. The van der Waals surface area contributed by atoms with Gasteiger partial charge in [-0.3, -0.25) is 4.79 Å². The van der Waals surface area contributed by atoms with E-state index in [1.807, 2.05) is 0 Å². The fourth-order valence-corrected chi connectivity index (χ4v) is 3.83. The summed E-state index contributed by atoms with van der Waals surface area (Å²) in [5.41, 5.74) is 0. The third-order valence-corrected chi connectivity index (χ3v) is 5.80. The molecule has 0 aromatic rings. The summed E-state index contributed by atoms with van der Waals surface area (Å²) in [4.78, 5) is 11.6. The van der Waals surface area contributed by atoms with Crippen LogP contribution in [0.2, 0.25) is 0 Å². The zero-order chi connectivity index (χ0) is 20.7. The minimum Gasteiger partial charge on any atom is -0.396 e. The molecule has 3 heteroatoms. The van der Waals surface area contributed by atoms with E-state index < -0.39 is 6.10 Å². The van der Waals surface area contributed by atoms with E-state index in [4.69, 9.17) is 5.11 Å². The van der Waals surface area contributed by atoms with Crippen molar-refractivity contribution in [2.45, 2.75) is 148 Å². The molecule has 0 aliphatic heterocycles. The van der Waals surface area contributed by atoms with E-state index in [9.17, 15) is 9.90 Å². The van der Waals surface area contributed by atoms with Crippen molar-refractivity contribution in [3.8, 4) is 0 Å². The number of carbonyl (C=O) groups is 1. The summed E-state index contributed by atoms with van der Waals surface area (Å²) in [5, 5.41) is 18.2. The second-order valence-electron chi connectivity index (χ2n) is 8.61. The summed E-state index contributed by atoms with van der Waals surface area (Å²) < 4.78 is 0. The van der Waals surface area contributed by atoms with Gasteiger partial charge in [0, 0.05) is 19.4 Å². The normalized spacial score (nSPS) is 12.4. The molecule has 0 radical (unpaired) electrons. The van der Waals surface area contributed by atoms with Gasteiger partial charge >= 0.3 is 0 Å². The Balaban J connectivity index is 3.11. The lowest BCUT2D eigenvalue weighted by atomic mass is 10.0. The quantitative estimate of drug-likeness (QED) is 0.180. The predicted octanol–water partition coefficient (Wildman–Crippen LogP) is 7.12. The molecule has 2 N–H and O–H groups in total. The van der Waals surface area contributed by atoms with Crippen molar-refractivity contribution >= 4 is 5.78 Å². The maximum Gasteiger partial charge on any atom is 0.161 e. The van der Waals surface area contributed by atoms with Crippen molar-refractivity contribution < 1.29 is 15.0 Å². The lowest BCUT2D eigenvalue weighted by Gasteiger charge is -2.07. The summed E-state index contributed by atoms with van der Waals surface area (Å²) >= 11 is 0. The third kappa shape index (κ3) is 20.3. The van der Waals surface area contributed by atoms with E-state index in [1.165, 1.54) is 109 Å². The van der Waals surface area contributed by atoms with Crippen molar-refractivity contribution in [1.29, 1.82) is 0 Å². The van der Waals surface area contributed by atoms with Gasteiger partial charge in [-0.25, -0.2) is 0 Å². The minimum atomic E-state index is -0.958. The van der Waals surface area contributed by atoms with E-state index in [1.54, 1.807) is 0 Å². The smallest absolute Gasteiger partial charge is 0.161 e. The predicted molar refractivity (Wildman–Crippen MR) is 121 cm³/mol. The van der Waals surface area contributed by atoms with Crippen molar-refractivity contribution in [1.82, 2.24) is 0 Å². The molecule has 0 aliphatic rings.